The highest BCUT2D eigenvalue weighted by molar-refractivity contribution is 6.32. The molecule has 108 valence electrons. The van der Waals surface area contributed by atoms with Gasteiger partial charge in [0.15, 0.2) is 11.6 Å². The van der Waals surface area contributed by atoms with E-state index in [1.54, 1.807) is 6.92 Å². The summed E-state index contributed by atoms with van der Waals surface area (Å²) in [5, 5.41) is -0.234. The Balaban J connectivity index is 2.57. The Kier molecular flexibility index (Phi) is 4.34. The Morgan fingerprint density at radius 3 is 2.71 bits per heavy atom. The first-order valence-corrected chi connectivity index (χ1v) is 6.32. The number of ether oxygens (including phenoxy) is 1. The van der Waals surface area contributed by atoms with Crippen LogP contribution in [-0.4, -0.2) is 22.5 Å². The van der Waals surface area contributed by atoms with Crippen LogP contribution in [0, 0.1) is 30.7 Å². The monoisotopic (exact) mass is 310 g/mol. The van der Waals surface area contributed by atoms with Crippen molar-refractivity contribution < 1.29 is 18.3 Å². The number of hydrogen-bond donors (Lipinski definition) is 0. The third-order valence-corrected chi connectivity index (χ3v) is 2.86. The molecule has 0 unspecified atom stereocenters. The summed E-state index contributed by atoms with van der Waals surface area (Å²) in [7, 11) is 0. The maximum Gasteiger partial charge on any atom is 0.343 e. The molecule has 0 N–H and O–H groups in total. The Morgan fingerprint density at radius 2 is 2.14 bits per heavy atom. The molecule has 0 aliphatic carbocycles. The fourth-order valence-corrected chi connectivity index (χ4v) is 1.99. The van der Waals surface area contributed by atoms with Crippen molar-refractivity contribution >= 4 is 17.6 Å². The average molecular weight is 311 g/mol. The van der Waals surface area contributed by atoms with Gasteiger partial charge in [-0.1, -0.05) is 17.7 Å². The second-order valence-electron chi connectivity index (χ2n) is 3.97. The first-order chi connectivity index (χ1) is 9.95. The molecule has 4 nitrogen and oxygen atoms in total. The van der Waals surface area contributed by atoms with Crippen LogP contribution in [0.15, 0.2) is 6.07 Å². The van der Waals surface area contributed by atoms with Gasteiger partial charge in [0.2, 0.25) is 0 Å². The van der Waals surface area contributed by atoms with Crippen LogP contribution in [0.4, 0.5) is 8.78 Å². The van der Waals surface area contributed by atoms with E-state index in [1.807, 2.05) is 0 Å². The summed E-state index contributed by atoms with van der Waals surface area (Å²) >= 11 is 5.90. The minimum absolute atomic E-state index is 0.0328. The number of hydrogen-bond acceptors (Lipinski definition) is 4. The fraction of sp³-hybridized carbons (Fsp3) is 0.214. The van der Waals surface area contributed by atoms with Crippen LogP contribution >= 0.6 is 11.6 Å². The zero-order chi connectivity index (χ0) is 15.6. The van der Waals surface area contributed by atoms with Gasteiger partial charge in [0.05, 0.1) is 12.3 Å². The van der Waals surface area contributed by atoms with Crippen molar-refractivity contribution in [3.05, 3.63) is 46.2 Å². The van der Waals surface area contributed by atoms with E-state index in [-0.39, 0.29) is 28.8 Å². The van der Waals surface area contributed by atoms with Crippen LogP contribution in [0.2, 0.25) is 5.15 Å². The number of aryl methyl sites for hydroxylation is 1. The van der Waals surface area contributed by atoms with Gasteiger partial charge in [-0.2, -0.15) is 4.39 Å². The molecule has 1 aromatic heterocycles. The molecule has 1 heterocycles. The zero-order valence-electron chi connectivity index (χ0n) is 11.1. The van der Waals surface area contributed by atoms with Gasteiger partial charge in [-0.25, -0.2) is 19.2 Å². The lowest BCUT2D eigenvalue weighted by molar-refractivity contribution is 0.0524. The number of rotatable bonds is 3. The van der Waals surface area contributed by atoms with E-state index in [4.69, 9.17) is 16.3 Å². The van der Waals surface area contributed by atoms with E-state index in [1.165, 1.54) is 6.92 Å². The summed E-state index contributed by atoms with van der Waals surface area (Å²) < 4.78 is 32.1. The van der Waals surface area contributed by atoms with Crippen molar-refractivity contribution in [3.63, 3.8) is 0 Å². The van der Waals surface area contributed by atoms with Crippen LogP contribution in [0.5, 0.6) is 0 Å². The zero-order valence-corrected chi connectivity index (χ0v) is 11.9. The van der Waals surface area contributed by atoms with Crippen molar-refractivity contribution in [1.82, 2.24) is 9.97 Å². The molecule has 0 bridgehead atoms. The molecule has 2 rings (SSSR count). The van der Waals surface area contributed by atoms with Gasteiger partial charge in [0.1, 0.15) is 22.1 Å². The van der Waals surface area contributed by atoms with Crippen LogP contribution in [-0.2, 0) is 4.74 Å². The molecule has 0 radical (unpaired) electrons. The van der Waals surface area contributed by atoms with Crippen molar-refractivity contribution in [2.24, 2.45) is 0 Å². The van der Waals surface area contributed by atoms with Gasteiger partial charge in [-0.3, -0.25) is 0 Å². The second kappa shape index (κ2) is 6.02. The summed E-state index contributed by atoms with van der Waals surface area (Å²) in [5.74, 6) is -2.86. The molecule has 0 amide bonds. The highest BCUT2D eigenvalue weighted by atomic mass is 35.5. The van der Waals surface area contributed by atoms with Crippen molar-refractivity contribution in [2.45, 2.75) is 13.8 Å². The third-order valence-electron chi connectivity index (χ3n) is 2.59. The molecular formula is C14H9ClF2N2O2. The molecule has 2 aromatic rings. The van der Waals surface area contributed by atoms with Gasteiger partial charge in [0.25, 0.3) is 0 Å². The van der Waals surface area contributed by atoms with Gasteiger partial charge >= 0.3 is 5.97 Å². The summed E-state index contributed by atoms with van der Waals surface area (Å²) in [6.07, 6.45) is 0. The number of nitrogens with zero attached hydrogens (tertiary/aromatic N) is 2. The Bertz CT molecular complexity index is 664. The predicted molar refractivity (Wildman–Crippen MR) is 70.8 cm³/mol. The topological polar surface area (TPSA) is 52.1 Å². The van der Waals surface area contributed by atoms with Crippen LogP contribution in [0.3, 0.4) is 0 Å². The molecule has 0 spiro atoms. The Morgan fingerprint density at radius 1 is 1.43 bits per heavy atom. The molecule has 1 aromatic carbocycles. The molecule has 0 saturated heterocycles. The highest BCUT2D eigenvalue weighted by Crippen LogP contribution is 2.25. The van der Waals surface area contributed by atoms with Gasteiger partial charge in [0, 0.05) is 6.07 Å². The Labute approximate surface area is 124 Å². The summed E-state index contributed by atoms with van der Waals surface area (Å²) in [5.41, 5.74) is -0.348. The molecule has 7 heteroatoms. The molecule has 0 aliphatic rings. The van der Waals surface area contributed by atoms with Crippen molar-refractivity contribution in [3.8, 4) is 11.4 Å². The lowest BCUT2D eigenvalue weighted by atomic mass is 10.2. The molecule has 0 aliphatic heterocycles. The first kappa shape index (κ1) is 15.1. The Hall–Kier alpha value is -2.26. The highest BCUT2D eigenvalue weighted by Gasteiger charge is 2.21. The molecule has 21 heavy (non-hydrogen) atoms. The summed E-state index contributed by atoms with van der Waals surface area (Å²) in [6, 6.07) is 5.17. The maximum atomic E-state index is 13.7. The predicted octanol–water partition coefficient (Wildman–Crippen LogP) is 3.16. The smallest absolute Gasteiger partial charge is 0.343 e. The number of halogens is 3. The minimum atomic E-state index is -0.991. The van der Waals surface area contributed by atoms with E-state index >= 15 is 0 Å². The van der Waals surface area contributed by atoms with Crippen molar-refractivity contribution in [1.29, 1.82) is 0 Å². The van der Waals surface area contributed by atoms with Gasteiger partial charge in [-0.05, 0) is 19.9 Å². The van der Waals surface area contributed by atoms with Gasteiger partial charge in [-0.15, -0.1) is 0 Å². The van der Waals surface area contributed by atoms with E-state index in [0.29, 0.717) is 0 Å². The van der Waals surface area contributed by atoms with E-state index < -0.39 is 23.2 Å². The average Bonchev–Trinajstić information content (AvgIpc) is 2.38. The van der Waals surface area contributed by atoms with E-state index in [9.17, 15) is 13.6 Å². The van der Waals surface area contributed by atoms with E-state index in [0.717, 1.165) is 6.07 Å². The lowest BCUT2D eigenvalue weighted by Gasteiger charge is -2.09. The number of carbonyl (C=O) groups excluding carboxylic acids is 1. The lowest BCUT2D eigenvalue weighted by Crippen LogP contribution is -2.11. The standard InChI is InChI=1S/C14H9ClF2N2O2/c1-3-21-14(20)10-7(2)18-13(19-12(10)15)11-8(16)5-4-6-9(11)17/h5H,3H2,1-2H3. The number of aromatic nitrogens is 2. The minimum Gasteiger partial charge on any atom is -0.462 e. The summed E-state index contributed by atoms with van der Waals surface area (Å²) in [6.45, 7) is 3.26. The first-order valence-electron chi connectivity index (χ1n) is 5.94. The SMILES string of the molecule is CCOC(=O)c1c(C)nc(-c2c(F)c#ccc2F)nc1Cl. The maximum absolute atomic E-state index is 13.7. The van der Waals surface area contributed by atoms with Crippen LogP contribution < -0.4 is 0 Å². The molecule has 0 atom stereocenters. The fourth-order valence-electron chi connectivity index (χ4n) is 1.69. The molecule has 0 fully saturated rings. The molecular weight excluding hydrogens is 302 g/mol. The van der Waals surface area contributed by atoms with Crippen LogP contribution in [0.25, 0.3) is 11.4 Å². The normalized spacial score (nSPS) is 10.1. The van der Waals surface area contributed by atoms with Gasteiger partial charge < -0.3 is 4.74 Å². The number of esters is 1. The van der Waals surface area contributed by atoms with E-state index in [2.05, 4.69) is 22.1 Å². The van der Waals surface area contributed by atoms with Crippen LogP contribution in [0.1, 0.15) is 23.0 Å². The quantitative estimate of drug-likeness (QED) is 0.645. The molecule has 0 saturated carbocycles. The number of carbonyl (C=O) groups is 1. The largest absolute Gasteiger partial charge is 0.462 e. The summed E-state index contributed by atoms with van der Waals surface area (Å²) in [4.78, 5) is 19.4. The second-order valence-corrected chi connectivity index (χ2v) is 4.33. The van der Waals surface area contributed by atoms with Crippen molar-refractivity contribution in [2.75, 3.05) is 6.61 Å². The third kappa shape index (κ3) is 2.93.